The molecule has 0 fully saturated rings. The minimum absolute atomic E-state index is 0.0166. The lowest BCUT2D eigenvalue weighted by Gasteiger charge is -2.11. The topological polar surface area (TPSA) is 107 Å². The molecule has 0 saturated heterocycles. The molecule has 1 unspecified atom stereocenters. The van der Waals surface area contributed by atoms with E-state index in [1.165, 1.54) is 18.2 Å². The van der Waals surface area contributed by atoms with Crippen molar-refractivity contribution < 1.29 is 19.5 Å². The van der Waals surface area contributed by atoms with Gasteiger partial charge in [-0.25, -0.2) is 4.39 Å². The van der Waals surface area contributed by atoms with E-state index in [0.717, 1.165) is 18.2 Å². The second-order valence-corrected chi connectivity index (χ2v) is 4.67. The molecule has 2 aromatic rings. The fourth-order valence-electron chi connectivity index (χ4n) is 2.09. The van der Waals surface area contributed by atoms with E-state index in [1.807, 2.05) is 6.07 Å². The Balaban J connectivity index is 2.37. The van der Waals surface area contributed by atoms with E-state index in [9.17, 15) is 24.9 Å². The van der Waals surface area contributed by atoms with Crippen LogP contribution in [0.1, 0.15) is 17.0 Å². The SMILES string of the molecule is N#CC(Cc1ccc(O)cc1[N+](=O)[O-])c1ccc(O)c(F)c1. The number of hydrogen-bond donors (Lipinski definition) is 2. The molecule has 6 nitrogen and oxygen atoms in total. The van der Waals surface area contributed by atoms with Crippen LogP contribution in [0.2, 0.25) is 0 Å². The van der Waals surface area contributed by atoms with Gasteiger partial charge in [-0.3, -0.25) is 10.1 Å². The van der Waals surface area contributed by atoms with Crippen LogP contribution in [-0.2, 0) is 6.42 Å². The minimum Gasteiger partial charge on any atom is -0.508 e. The van der Waals surface area contributed by atoms with E-state index in [0.29, 0.717) is 5.56 Å². The van der Waals surface area contributed by atoms with Gasteiger partial charge in [0.25, 0.3) is 5.69 Å². The van der Waals surface area contributed by atoms with Crippen LogP contribution >= 0.6 is 0 Å². The van der Waals surface area contributed by atoms with Crippen molar-refractivity contribution in [1.29, 1.82) is 5.26 Å². The molecule has 22 heavy (non-hydrogen) atoms. The van der Waals surface area contributed by atoms with Crippen molar-refractivity contribution in [3.8, 4) is 17.6 Å². The lowest BCUT2D eigenvalue weighted by Crippen LogP contribution is -2.04. The molecular formula is C15H11FN2O4. The third-order valence-corrected chi connectivity index (χ3v) is 3.22. The van der Waals surface area contributed by atoms with Gasteiger partial charge in [0.15, 0.2) is 11.6 Å². The summed E-state index contributed by atoms with van der Waals surface area (Å²) in [6.07, 6.45) is -0.0166. The molecule has 0 aromatic heterocycles. The minimum atomic E-state index is -0.863. The van der Waals surface area contributed by atoms with Crippen LogP contribution in [0.4, 0.5) is 10.1 Å². The zero-order valence-electron chi connectivity index (χ0n) is 11.2. The van der Waals surface area contributed by atoms with Gasteiger partial charge in [0, 0.05) is 5.56 Å². The van der Waals surface area contributed by atoms with Crippen molar-refractivity contribution in [3.63, 3.8) is 0 Å². The maximum Gasteiger partial charge on any atom is 0.276 e. The standard InChI is InChI=1S/C15H11FN2O4/c16-13-6-9(2-4-15(13)20)11(8-17)5-10-1-3-12(19)7-14(10)18(21)22/h1-4,6-7,11,19-20H,5H2. The highest BCUT2D eigenvalue weighted by atomic mass is 19.1. The van der Waals surface area contributed by atoms with Crippen molar-refractivity contribution >= 4 is 5.69 Å². The molecule has 2 rings (SSSR count). The van der Waals surface area contributed by atoms with Crippen LogP contribution in [0, 0.1) is 27.3 Å². The van der Waals surface area contributed by atoms with E-state index in [1.54, 1.807) is 0 Å². The molecule has 7 heteroatoms. The van der Waals surface area contributed by atoms with E-state index in [2.05, 4.69) is 0 Å². The first-order chi connectivity index (χ1) is 10.4. The monoisotopic (exact) mass is 302 g/mol. The molecule has 0 aliphatic heterocycles. The Labute approximate surface area is 124 Å². The first-order valence-electron chi connectivity index (χ1n) is 6.26. The van der Waals surface area contributed by atoms with Gasteiger partial charge in [-0.05, 0) is 36.2 Å². The Hall–Kier alpha value is -3.14. The molecule has 0 heterocycles. The lowest BCUT2D eigenvalue weighted by atomic mass is 9.92. The number of benzene rings is 2. The Bertz CT molecular complexity index is 771. The van der Waals surface area contributed by atoms with Gasteiger partial charge in [-0.1, -0.05) is 6.07 Å². The number of nitriles is 1. The highest BCUT2D eigenvalue weighted by Gasteiger charge is 2.20. The fraction of sp³-hybridized carbons (Fsp3) is 0.133. The number of phenolic OH excluding ortho intramolecular Hbond substituents is 2. The summed E-state index contributed by atoms with van der Waals surface area (Å²) in [5.74, 6) is -2.47. The Morgan fingerprint density at radius 1 is 1.27 bits per heavy atom. The van der Waals surface area contributed by atoms with E-state index >= 15 is 0 Å². The molecule has 0 radical (unpaired) electrons. The number of rotatable bonds is 4. The van der Waals surface area contributed by atoms with Crippen LogP contribution in [0.15, 0.2) is 36.4 Å². The number of aromatic hydroxyl groups is 2. The zero-order chi connectivity index (χ0) is 16.3. The van der Waals surface area contributed by atoms with Crippen LogP contribution in [-0.4, -0.2) is 15.1 Å². The van der Waals surface area contributed by atoms with Crippen molar-refractivity contribution in [2.45, 2.75) is 12.3 Å². The number of hydrogen-bond acceptors (Lipinski definition) is 5. The molecule has 2 N–H and O–H groups in total. The zero-order valence-corrected chi connectivity index (χ0v) is 11.2. The summed E-state index contributed by atoms with van der Waals surface area (Å²) in [6, 6.07) is 9.14. The van der Waals surface area contributed by atoms with E-state index < -0.39 is 22.4 Å². The predicted molar refractivity (Wildman–Crippen MR) is 74.9 cm³/mol. The highest BCUT2D eigenvalue weighted by molar-refractivity contribution is 5.47. The predicted octanol–water partition coefficient (Wildman–Crippen LogP) is 2.99. The summed E-state index contributed by atoms with van der Waals surface area (Å²) in [5.41, 5.74) is 0.252. The maximum absolute atomic E-state index is 13.4. The van der Waals surface area contributed by atoms with Crippen molar-refractivity contribution in [2.75, 3.05) is 0 Å². The molecule has 112 valence electrons. The normalized spacial score (nSPS) is 11.6. The van der Waals surface area contributed by atoms with Crippen LogP contribution in [0.3, 0.4) is 0 Å². The van der Waals surface area contributed by atoms with Gasteiger partial charge in [-0.15, -0.1) is 0 Å². The summed E-state index contributed by atoms with van der Waals surface area (Å²) < 4.78 is 13.4. The molecule has 0 saturated carbocycles. The molecule has 1 atom stereocenters. The van der Waals surface area contributed by atoms with Crippen LogP contribution < -0.4 is 0 Å². The molecule has 0 bridgehead atoms. The second-order valence-electron chi connectivity index (χ2n) is 4.67. The van der Waals surface area contributed by atoms with Gasteiger partial charge in [0.1, 0.15) is 5.75 Å². The fourth-order valence-corrected chi connectivity index (χ4v) is 2.09. The van der Waals surface area contributed by atoms with E-state index in [4.69, 9.17) is 5.11 Å². The molecular weight excluding hydrogens is 291 g/mol. The number of halogens is 1. The summed E-state index contributed by atoms with van der Waals surface area (Å²) in [5, 5.41) is 38.7. The smallest absolute Gasteiger partial charge is 0.276 e. The Morgan fingerprint density at radius 3 is 2.59 bits per heavy atom. The quantitative estimate of drug-likeness (QED) is 0.666. The highest BCUT2D eigenvalue weighted by Crippen LogP contribution is 2.30. The first kappa shape index (κ1) is 15.3. The average Bonchev–Trinajstić information content (AvgIpc) is 2.48. The van der Waals surface area contributed by atoms with Gasteiger partial charge < -0.3 is 10.2 Å². The van der Waals surface area contributed by atoms with Crippen LogP contribution in [0.5, 0.6) is 11.5 Å². The summed E-state index contributed by atoms with van der Waals surface area (Å²) in [4.78, 5) is 10.3. The lowest BCUT2D eigenvalue weighted by molar-refractivity contribution is -0.385. The third kappa shape index (κ3) is 3.12. The molecule has 0 amide bonds. The maximum atomic E-state index is 13.4. The third-order valence-electron chi connectivity index (χ3n) is 3.22. The number of phenols is 2. The largest absolute Gasteiger partial charge is 0.508 e. The molecule has 2 aromatic carbocycles. The first-order valence-corrected chi connectivity index (χ1v) is 6.26. The van der Waals surface area contributed by atoms with Gasteiger partial charge >= 0.3 is 0 Å². The second kappa shape index (κ2) is 6.10. The van der Waals surface area contributed by atoms with Crippen LogP contribution in [0.25, 0.3) is 0 Å². The van der Waals surface area contributed by atoms with Gasteiger partial charge in [0.05, 0.1) is 23.0 Å². The van der Waals surface area contributed by atoms with Crippen molar-refractivity contribution in [2.24, 2.45) is 0 Å². The van der Waals surface area contributed by atoms with Gasteiger partial charge in [0.2, 0.25) is 0 Å². The van der Waals surface area contributed by atoms with E-state index in [-0.39, 0.29) is 23.4 Å². The summed E-state index contributed by atoms with van der Waals surface area (Å²) >= 11 is 0. The van der Waals surface area contributed by atoms with Crippen molar-refractivity contribution in [1.82, 2.24) is 0 Å². The summed E-state index contributed by atoms with van der Waals surface area (Å²) in [6.45, 7) is 0. The Kier molecular flexibility index (Phi) is 4.23. The van der Waals surface area contributed by atoms with Crippen molar-refractivity contribution in [3.05, 3.63) is 63.5 Å². The average molecular weight is 302 g/mol. The number of nitrogens with zero attached hydrogens (tertiary/aromatic N) is 2. The summed E-state index contributed by atoms with van der Waals surface area (Å²) in [7, 11) is 0. The molecule has 0 aliphatic rings. The number of nitro benzene ring substituents is 1. The number of nitro groups is 1. The molecule has 0 aliphatic carbocycles. The molecule has 0 spiro atoms. The Morgan fingerprint density at radius 2 is 2.00 bits per heavy atom. The van der Waals surface area contributed by atoms with Gasteiger partial charge in [-0.2, -0.15) is 5.26 Å².